The molecule has 17 heavy (non-hydrogen) atoms. The summed E-state index contributed by atoms with van der Waals surface area (Å²) >= 11 is 0. The molecule has 2 aromatic heterocycles. The van der Waals surface area contributed by atoms with E-state index >= 15 is 0 Å². The number of hydrogen-bond donors (Lipinski definition) is 1. The van der Waals surface area contributed by atoms with Gasteiger partial charge in [-0.1, -0.05) is 6.07 Å². The van der Waals surface area contributed by atoms with E-state index in [1.807, 2.05) is 36.2 Å². The summed E-state index contributed by atoms with van der Waals surface area (Å²) in [6.45, 7) is 2.40. The first-order valence-electron chi connectivity index (χ1n) is 5.54. The minimum absolute atomic E-state index is 0.480. The summed E-state index contributed by atoms with van der Waals surface area (Å²) in [4.78, 5) is 6.30. The Labute approximate surface area is 101 Å². The van der Waals surface area contributed by atoms with Crippen LogP contribution in [0.1, 0.15) is 24.4 Å². The summed E-state index contributed by atoms with van der Waals surface area (Å²) in [6, 6.07) is 7.57. The predicted molar refractivity (Wildman–Crippen MR) is 65.7 cm³/mol. The molecule has 1 N–H and O–H groups in total. The lowest BCUT2D eigenvalue weighted by Gasteiger charge is -2.17. The summed E-state index contributed by atoms with van der Waals surface area (Å²) in [7, 11) is 1.95. The number of aliphatic hydroxyl groups excluding tert-OH is 1. The Hall–Kier alpha value is -1.81. The highest BCUT2D eigenvalue weighted by molar-refractivity contribution is 5.38. The van der Waals surface area contributed by atoms with Crippen molar-refractivity contribution in [2.24, 2.45) is 0 Å². The lowest BCUT2D eigenvalue weighted by Crippen LogP contribution is -2.17. The summed E-state index contributed by atoms with van der Waals surface area (Å²) < 4.78 is 5.28. The lowest BCUT2D eigenvalue weighted by molar-refractivity contribution is 0.199. The molecule has 4 heteroatoms. The normalized spacial score (nSPS) is 12.4. The van der Waals surface area contributed by atoms with Crippen LogP contribution in [0.4, 0.5) is 5.82 Å². The van der Waals surface area contributed by atoms with Crippen LogP contribution < -0.4 is 4.90 Å². The van der Waals surface area contributed by atoms with Crippen LogP contribution in [0.3, 0.4) is 0 Å². The molecule has 2 rings (SSSR count). The third kappa shape index (κ3) is 2.85. The summed E-state index contributed by atoms with van der Waals surface area (Å²) in [5.74, 6) is 1.75. The Bertz CT molecular complexity index is 449. The number of rotatable bonds is 4. The van der Waals surface area contributed by atoms with Gasteiger partial charge < -0.3 is 14.4 Å². The van der Waals surface area contributed by atoms with Gasteiger partial charge in [-0.15, -0.1) is 0 Å². The van der Waals surface area contributed by atoms with E-state index in [1.165, 1.54) is 0 Å². The van der Waals surface area contributed by atoms with Crippen LogP contribution in [-0.4, -0.2) is 17.1 Å². The molecule has 0 saturated carbocycles. The van der Waals surface area contributed by atoms with Crippen LogP contribution in [0.15, 0.2) is 41.1 Å². The average Bonchev–Trinajstić information content (AvgIpc) is 2.82. The number of aromatic nitrogens is 1. The van der Waals surface area contributed by atoms with Gasteiger partial charge in [0.15, 0.2) is 0 Å². The molecule has 2 aromatic rings. The van der Waals surface area contributed by atoms with Crippen molar-refractivity contribution in [3.63, 3.8) is 0 Å². The number of furan rings is 1. The molecular weight excluding hydrogens is 216 g/mol. The Morgan fingerprint density at radius 3 is 2.76 bits per heavy atom. The minimum atomic E-state index is -0.480. The third-order valence-corrected chi connectivity index (χ3v) is 2.62. The first-order valence-corrected chi connectivity index (χ1v) is 5.54. The van der Waals surface area contributed by atoms with Crippen molar-refractivity contribution in [1.82, 2.24) is 4.98 Å². The molecule has 0 fully saturated rings. The van der Waals surface area contributed by atoms with Crippen molar-refractivity contribution in [3.8, 4) is 0 Å². The topological polar surface area (TPSA) is 49.5 Å². The second-order valence-electron chi connectivity index (χ2n) is 4.06. The lowest BCUT2D eigenvalue weighted by atomic mass is 10.2. The smallest absolute Gasteiger partial charge is 0.128 e. The Balaban J connectivity index is 2.06. The van der Waals surface area contributed by atoms with Gasteiger partial charge in [0.1, 0.15) is 11.6 Å². The van der Waals surface area contributed by atoms with Gasteiger partial charge in [-0.05, 0) is 30.7 Å². The monoisotopic (exact) mass is 232 g/mol. The maximum absolute atomic E-state index is 9.39. The number of aliphatic hydroxyl groups is 1. The molecule has 0 aromatic carbocycles. The summed E-state index contributed by atoms with van der Waals surface area (Å²) in [5.41, 5.74) is 0.820. The zero-order valence-electron chi connectivity index (χ0n) is 10.00. The second-order valence-corrected chi connectivity index (χ2v) is 4.06. The number of nitrogens with zero attached hydrogens (tertiary/aromatic N) is 2. The number of anilines is 1. The van der Waals surface area contributed by atoms with Crippen molar-refractivity contribution in [2.75, 3.05) is 11.9 Å². The van der Waals surface area contributed by atoms with Gasteiger partial charge >= 0.3 is 0 Å². The molecule has 0 bridgehead atoms. The predicted octanol–water partition coefficient (Wildman–Crippen LogP) is 2.36. The molecule has 0 aliphatic heterocycles. The second kappa shape index (κ2) is 5.01. The third-order valence-electron chi connectivity index (χ3n) is 2.62. The van der Waals surface area contributed by atoms with E-state index in [0.717, 1.165) is 17.1 Å². The van der Waals surface area contributed by atoms with Gasteiger partial charge in [-0.3, -0.25) is 0 Å². The van der Waals surface area contributed by atoms with Gasteiger partial charge in [0.05, 0.1) is 18.9 Å². The van der Waals surface area contributed by atoms with E-state index in [-0.39, 0.29) is 0 Å². The molecule has 2 heterocycles. The SMILES string of the molecule is C[C@@H](O)c1ccc(N(C)Cc2ccco2)nc1. The van der Waals surface area contributed by atoms with Crippen molar-refractivity contribution in [3.05, 3.63) is 48.0 Å². The quantitative estimate of drug-likeness (QED) is 0.879. The highest BCUT2D eigenvalue weighted by Gasteiger charge is 2.06. The van der Waals surface area contributed by atoms with E-state index in [9.17, 15) is 5.11 Å². The molecule has 0 radical (unpaired) electrons. The van der Waals surface area contributed by atoms with E-state index < -0.39 is 6.10 Å². The van der Waals surface area contributed by atoms with Gasteiger partial charge in [0.2, 0.25) is 0 Å². The Morgan fingerprint density at radius 1 is 1.41 bits per heavy atom. The minimum Gasteiger partial charge on any atom is -0.467 e. The Morgan fingerprint density at radius 2 is 2.24 bits per heavy atom. The van der Waals surface area contributed by atoms with Crippen molar-refractivity contribution in [2.45, 2.75) is 19.6 Å². The number of pyridine rings is 1. The fourth-order valence-corrected chi connectivity index (χ4v) is 1.59. The first-order chi connectivity index (χ1) is 8.16. The Kier molecular flexibility index (Phi) is 3.44. The maximum atomic E-state index is 9.39. The largest absolute Gasteiger partial charge is 0.467 e. The molecule has 0 aliphatic carbocycles. The molecule has 4 nitrogen and oxygen atoms in total. The van der Waals surface area contributed by atoms with Gasteiger partial charge in [-0.25, -0.2) is 4.98 Å². The summed E-state index contributed by atoms with van der Waals surface area (Å²) in [6.07, 6.45) is 2.87. The van der Waals surface area contributed by atoms with Crippen LogP contribution in [-0.2, 0) is 6.54 Å². The number of hydrogen-bond acceptors (Lipinski definition) is 4. The molecule has 90 valence electrons. The molecule has 0 amide bonds. The highest BCUT2D eigenvalue weighted by Crippen LogP contribution is 2.16. The molecule has 0 aliphatic rings. The average molecular weight is 232 g/mol. The van der Waals surface area contributed by atoms with E-state index in [4.69, 9.17) is 4.42 Å². The van der Waals surface area contributed by atoms with Gasteiger partial charge in [0.25, 0.3) is 0 Å². The van der Waals surface area contributed by atoms with Crippen LogP contribution in [0, 0.1) is 0 Å². The maximum Gasteiger partial charge on any atom is 0.128 e. The fourth-order valence-electron chi connectivity index (χ4n) is 1.59. The van der Waals surface area contributed by atoms with Crippen molar-refractivity contribution in [1.29, 1.82) is 0 Å². The molecular formula is C13H16N2O2. The standard InChI is InChI=1S/C13H16N2O2/c1-10(16)11-5-6-13(14-8-11)15(2)9-12-4-3-7-17-12/h3-8,10,16H,9H2,1-2H3/t10-/m1/s1. The van der Waals surface area contributed by atoms with Crippen molar-refractivity contribution >= 4 is 5.82 Å². The molecule has 0 spiro atoms. The van der Waals surface area contributed by atoms with Crippen molar-refractivity contribution < 1.29 is 9.52 Å². The highest BCUT2D eigenvalue weighted by atomic mass is 16.3. The van der Waals surface area contributed by atoms with E-state index in [1.54, 1.807) is 19.4 Å². The first kappa shape index (κ1) is 11.7. The zero-order valence-corrected chi connectivity index (χ0v) is 10.00. The van der Waals surface area contributed by atoms with Crippen LogP contribution >= 0.6 is 0 Å². The molecule has 0 unspecified atom stereocenters. The van der Waals surface area contributed by atoms with Gasteiger partial charge in [0, 0.05) is 13.2 Å². The van der Waals surface area contributed by atoms with E-state index in [2.05, 4.69) is 4.98 Å². The fraction of sp³-hybridized carbons (Fsp3) is 0.308. The van der Waals surface area contributed by atoms with Crippen LogP contribution in [0.25, 0.3) is 0 Å². The molecule has 1 atom stereocenters. The van der Waals surface area contributed by atoms with Crippen LogP contribution in [0.5, 0.6) is 0 Å². The van der Waals surface area contributed by atoms with Gasteiger partial charge in [-0.2, -0.15) is 0 Å². The van der Waals surface area contributed by atoms with Crippen LogP contribution in [0.2, 0.25) is 0 Å². The summed E-state index contributed by atoms with van der Waals surface area (Å²) in [5, 5.41) is 9.39. The zero-order chi connectivity index (χ0) is 12.3. The molecule has 0 saturated heterocycles. The van der Waals surface area contributed by atoms with E-state index in [0.29, 0.717) is 6.54 Å².